The second-order valence-corrected chi connectivity index (χ2v) is 9.59. The maximum Gasteiger partial charge on any atom is 0.229 e. The molecule has 5 rings (SSSR count). The Hall–Kier alpha value is -3.81. The molecule has 2 fully saturated rings. The van der Waals surface area contributed by atoms with Crippen molar-refractivity contribution >= 4 is 23.3 Å². The van der Waals surface area contributed by atoms with Crippen LogP contribution in [0.4, 0.5) is 15.9 Å². The van der Waals surface area contributed by atoms with Gasteiger partial charge in [-0.3, -0.25) is 9.59 Å². The van der Waals surface area contributed by atoms with Gasteiger partial charge in [-0.1, -0.05) is 24.3 Å². The van der Waals surface area contributed by atoms with Crippen LogP contribution in [0, 0.1) is 11.7 Å². The van der Waals surface area contributed by atoms with E-state index in [1.54, 1.807) is 18.3 Å². The van der Waals surface area contributed by atoms with Crippen LogP contribution < -0.4 is 10.2 Å². The van der Waals surface area contributed by atoms with E-state index in [2.05, 4.69) is 32.5 Å². The Morgan fingerprint density at radius 3 is 2.50 bits per heavy atom. The Kier molecular flexibility index (Phi) is 7.21. The maximum atomic E-state index is 13.4. The monoisotopic (exact) mass is 487 g/mol. The van der Waals surface area contributed by atoms with Crippen molar-refractivity contribution < 1.29 is 14.0 Å². The fourth-order valence-corrected chi connectivity index (χ4v) is 5.12. The van der Waals surface area contributed by atoms with Gasteiger partial charge in [-0.15, -0.1) is 5.10 Å². The van der Waals surface area contributed by atoms with Gasteiger partial charge in [0.2, 0.25) is 11.8 Å². The minimum atomic E-state index is -0.314. The first kappa shape index (κ1) is 23.9. The number of aromatic nitrogens is 2. The van der Waals surface area contributed by atoms with Gasteiger partial charge in [0.1, 0.15) is 5.82 Å². The zero-order chi connectivity index (χ0) is 24.9. The number of nitrogens with one attached hydrogen (secondary N) is 1. The van der Waals surface area contributed by atoms with Crippen LogP contribution in [0.25, 0.3) is 0 Å². The Morgan fingerprint density at radius 2 is 1.78 bits per heavy atom. The SMILES string of the molecule is O=C(Nc1ccc(C2CCN(C(=O)Cc3cccc(F)c3)CC2)cc1)C1CCN(c2cccnn2)C1. The van der Waals surface area contributed by atoms with Crippen molar-refractivity contribution in [2.45, 2.75) is 31.6 Å². The van der Waals surface area contributed by atoms with Gasteiger partial charge in [0.15, 0.2) is 5.82 Å². The van der Waals surface area contributed by atoms with E-state index in [0.717, 1.165) is 37.3 Å². The number of nitrogens with zero attached hydrogens (tertiary/aromatic N) is 4. The lowest BCUT2D eigenvalue weighted by atomic mass is 9.89. The average molecular weight is 488 g/mol. The largest absolute Gasteiger partial charge is 0.354 e. The number of amides is 2. The van der Waals surface area contributed by atoms with E-state index in [1.165, 1.54) is 17.7 Å². The third kappa shape index (κ3) is 5.70. The first-order valence-corrected chi connectivity index (χ1v) is 12.5. The quantitative estimate of drug-likeness (QED) is 0.568. The van der Waals surface area contributed by atoms with Gasteiger partial charge < -0.3 is 15.1 Å². The van der Waals surface area contributed by atoms with Crippen LogP contribution in [0.15, 0.2) is 66.9 Å². The topological polar surface area (TPSA) is 78.4 Å². The van der Waals surface area contributed by atoms with E-state index < -0.39 is 0 Å². The number of anilines is 2. The number of rotatable bonds is 6. The van der Waals surface area contributed by atoms with Crippen LogP contribution >= 0.6 is 0 Å². The lowest BCUT2D eigenvalue weighted by molar-refractivity contribution is -0.131. The van der Waals surface area contributed by atoms with Crippen molar-refractivity contribution in [2.24, 2.45) is 5.92 Å². The second kappa shape index (κ2) is 10.8. The van der Waals surface area contributed by atoms with E-state index in [4.69, 9.17) is 0 Å². The molecular formula is C28H30FN5O2. The number of halogens is 1. The van der Waals surface area contributed by atoms with Crippen molar-refractivity contribution in [3.8, 4) is 0 Å². The average Bonchev–Trinajstić information content (AvgIpc) is 3.41. The molecule has 0 radical (unpaired) electrons. The van der Waals surface area contributed by atoms with Gasteiger partial charge in [-0.05, 0) is 72.7 Å². The molecule has 1 atom stereocenters. The Balaban J connectivity index is 1.09. The third-order valence-electron chi connectivity index (χ3n) is 7.18. The third-order valence-corrected chi connectivity index (χ3v) is 7.18. The van der Waals surface area contributed by atoms with Crippen molar-refractivity contribution in [3.63, 3.8) is 0 Å². The highest BCUT2D eigenvalue weighted by molar-refractivity contribution is 5.93. The Morgan fingerprint density at radius 1 is 0.972 bits per heavy atom. The minimum absolute atomic E-state index is 0.0271. The van der Waals surface area contributed by atoms with Gasteiger partial charge in [-0.2, -0.15) is 5.10 Å². The van der Waals surface area contributed by atoms with Gasteiger partial charge >= 0.3 is 0 Å². The van der Waals surface area contributed by atoms with E-state index in [1.807, 2.05) is 29.2 Å². The van der Waals surface area contributed by atoms with Crippen molar-refractivity contribution in [1.82, 2.24) is 15.1 Å². The Labute approximate surface area is 210 Å². The zero-order valence-electron chi connectivity index (χ0n) is 20.1. The number of piperidine rings is 1. The van der Waals surface area contributed by atoms with Gasteiger partial charge in [0.25, 0.3) is 0 Å². The van der Waals surface area contributed by atoms with E-state index in [0.29, 0.717) is 31.1 Å². The first-order valence-electron chi connectivity index (χ1n) is 12.5. The predicted molar refractivity (Wildman–Crippen MR) is 136 cm³/mol. The molecule has 3 aromatic rings. The fraction of sp³-hybridized carbons (Fsp3) is 0.357. The molecule has 8 heteroatoms. The zero-order valence-corrected chi connectivity index (χ0v) is 20.1. The highest BCUT2D eigenvalue weighted by Crippen LogP contribution is 2.30. The van der Waals surface area contributed by atoms with Crippen LogP contribution in [-0.4, -0.2) is 53.1 Å². The summed E-state index contributed by atoms with van der Waals surface area (Å²) in [6, 6.07) is 18.1. The van der Waals surface area contributed by atoms with E-state index in [-0.39, 0.29) is 30.0 Å². The van der Waals surface area contributed by atoms with Gasteiger partial charge in [0, 0.05) is 38.1 Å². The molecular weight excluding hydrogens is 457 g/mol. The summed E-state index contributed by atoms with van der Waals surface area (Å²) in [6.45, 7) is 2.82. The molecule has 0 aliphatic carbocycles. The fourth-order valence-electron chi connectivity index (χ4n) is 5.12. The molecule has 0 spiro atoms. The van der Waals surface area contributed by atoms with Crippen LogP contribution in [0.1, 0.15) is 36.3 Å². The highest BCUT2D eigenvalue weighted by atomic mass is 19.1. The second-order valence-electron chi connectivity index (χ2n) is 9.59. The molecule has 3 heterocycles. The number of benzene rings is 2. The normalized spacial score (nSPS) is 18.3. The number of carbonyl (C=O) groups is 2. The minimum Gasteiger partial charge on any atom is -0.354 e. The molecule has 1 unspecified atom stereocenters. The highest BCUT2D eigenvalue weighted by Gasteiger charge is 2.29. The molecule has 1 aromatic heterocycles. The standard InChI is InChI=1S/C28H30FN5O2/c29-24-4-1-3-20(17-24)18-27(35)33-14-10-22(11-15-33)21-6-8-25(9-7-21)31-28(36)23-12-16-34(19-23)26-5-2-13-30-32-26/h1-9,13,17,22-23H,10-12,14-16,18-19H2,(H,31,36). The molecule has 2 aliphatic rings. The molecule has 2 aromatic carbocycles. The van der Waals surface area contributed by atoms with Crippen LogP contribution in [0.2, 0.25) is 0 Å². The summed E-state index contributed by atoms with van der Waals surface area (Å²) < 4.78 is 13.4. The molecule has 2 amide bonds. The summed E-state index contributed by atoms with van der Waals surface area (Å²) in [5.41, 5.74) is 2.73. The summed E-state index contributed by atoms with van der Waals surface area (Å²) in [5, 5.41) is 11.1. The lowest BCUT2D eigenvalue weighted by Crippen LogP contribution is -2.38. The first-order chi connectivity index (χ1) is 17.5. The molecule has 7 nitrogen and oxygen atoms in total. The number of carbonyl (C=O) groups excluding carboxylic acids is 2. The predicted octanol–water partition coefficient (Wildman–Crippen LogP) is 4.03. The van der Waals surface area contributed by atoms with Crippen LogP contribution in [0.5, 0.6) is 0 Å². The molecule has 0 bridgehead atoms. The molecule has 1 N–H and O–H groups in total. The molecule has 2 saturated heterocycles. The van der Waals surface area contributed by atoms with E-state index in [9.17, 15) is 14.0 Å². The molecule has 0 saturated carbocycles. The number of likely N-dealkylation sites (tertiary alicyclic amines) is 1. The van der Waals surface area contributed by atoms with Crippen molar-refractivity contribution in [3.05, 3.63) is 83.8 Å². The molecule has 36 heavy (non-hydrogen) atoms. The summed E-state index contributed by atoms with van der Waals surface area (Å²) in [4.78, 5) is 29.4. The van der Waals surface area contributed by atoms with Gasteiger partial charge in [0.05, 0.1) is 12.3 Å². The summed E-state index contributed by atoms with van der Waals surface area (Å²) in [6.07, 6.45) is 4.44. The molecule has 2 aliphatic heterocycles. The smallest absolute Gasteiger partial charge is 0.229 e. The van der Waals surface area contributed by atoms with Crippen LogP contribution in [0.3, 0.4) is 0 Å². The van der Waals surface area contributed by atoms with Crippen molar-refractivity contribution in [2.75, 3.05) is 36.4 Å². The lowest BCUT2D eigenvalue weighted by Gasteiger charge is -2.32. The van der Waals surface area contributed by atoms with Crippen LogP contribution in [-0.2, 0) is 16.0 Å². The van der Waals surface area contributed by atoms with E-state index >= 15 is 0 Å². The maximum absolute atomic E-state index is 13.4. The number of hydrogen-bond donors (Lipinski definition) is 1. The Bertz CT molecular complexity index is 1200. The summed E-state index contributed by atoms with van der Waals surface area (Å²) >= 11 is 0. The molecule has 186 valence electrons. The summed E-state index contributed by atoms with van der Waals surface area (Å²) in [5.74, 6) is 0.857. The number of hydrogen-bond acceptors (Lipinski definition) is 5. The van der Waals surface area contributed by atoms with Crippen molar-refractivity contribution in [1.29, 1.82) is 0 Å². The van der Waals surface area contributed by atoms with Gasteiger partial charge in [-0.25, -0.2) is 4.39 Å². The summed E-state index contributed by atoms with van der Waals surface area (Å²) in [7, 11) is 0.